The van der Waals surface area contributed by atoms with Gasteiger partial charge in [0.1, 0.15) is 23.2 Å². The van der Waals surface area contributed by atoms with Crippen molar-refractivity contribution >= 4 is 29.3 Å². The van der Waals surface area contributed by atoms with Crippen molar-refractivity contribution in [3.8, 4) is 23.3 Å². The standard InChI is InChI=1S/C27H24FN3O5/c1-3-35-23-11-9-22(10-12-23)31-27(33)19(16-29)14-18-4-13-24(25(15-18)34-2)36-17-26(32)30-21-7-5-20(28)6-8-21/h4-15H,3,17H2,1-2H3,(H,30,32)(H,31,33)/b19-14+. The third kappa shape index (κ3) is 7.33. The Labute approximate surface area is 207 Å². The fourth-order valence-electron chi connectivity index (χ4n) is 3.08. The largest absolute Gasteiger partial charge is 0.494 e. The van der Waals surface area contributed by atoms with Crippen LogP contribution in [0.1, 0.15) is 12.5 Å². The molecule has 3 aromatic rings. The van der Waals surface area contributed by atoms with Crippen LogP contribution in [-0.2, 0) is 9.59 Å². The third-order valence-electron chi connectivity index (χ3n) is 4.77. The second-order valence-electron chi connectivity index (χ2n) is 7.34. The van der Waals surface area contributed by atoms with E-state index >= 15 is 0 Å². The second-order valence-corrected chi connectivity index (χ2v) is 7.34. The molecule has 3 aromatic carbocycles. The molecule has 36 heavy (non-hydrogen) atoms. The summed E-state index contributed by atoms with van der Waals surface area (Å²) in [7, 11) is 1.43. The van der Waals surface area contributed by atoms with E-state index < -0.39 is 17.6 Å². The minimum absolute atomic E-state index is 0.113. The van der Waals surface area contributed by atoms with Crippen molar-refractivity contribution < 1.29 is 28.2 Å². The van der Waals surface area contributed by atoms with Gasteiger partial charge in [-0.1, -0.05) is 6.07 Å². The van der Waals surface area contributed by atoms with E-state index in [1.807, 2.05) is 13.0 Å². The smallest absolute Gasteiger partial charge is 0.266 e. The number of ether oxygens (including phenoxy) is 3. The summed E-state index contributed by atoms with van der Waals surface area (Å²) in [4.78, 5) is 24.7. The van der Waals surface area contributed by atoms with Gasteiger partial charge in [-0.25, -0.2) is 4.39 Å². The highest BCUT2D eigenvalue weighted by molar-refractivity contribution is 6.09. The van der Waals surface area contributed by atoms with Gasteiger partial charge >= 0.3 is 0 Å². The molecule has 0 radical (unpaired) electrons. The van der Waals surface area contributed by atoms with Crippen molar-refractivity contribution in [2.45, 2.75) is 6.92 Å². The summed E-state index contributed by atoms with van der Waals surface area (Å²) < 4.78 is 29.2. The Bertz CT molecular complexity index is 1280. The van der Waals surface area contributed by atoms with Gasteiger partial charge < -0.3 is 24.8 Å². The van der Waals surface area contributed by atoms with Crippen LogP contribution in [0.5, 0.6) is 17.2 Å². The zero-order valence-electron chi connectivity index (χ0n) is 19.7. The number of carbonyl (C=O) groups is 2. The van der Waals surface area contributed by atoms with E-state index in [0.29, 0.717) is 40.8 Å². The number of anilines is 2. The van der Waals surface area contributed by atoms with Crippen molar-refractivity contribution in [3.05, 3.63) is 83.7 Å². The SMILES string of the molecule is CCOc1ccc(NC(=O)/C(C#N)=C/c2ccc(OCC(=O)Nc3ccc(F)cc3)c(OC)c2)cc1. The van der Waals surface area contributed by atoms with Gasteiger partial charge in [0, 0.05) is 11.4 Å². The van der Waals surface area contributed by atoms with E-state index in [2.05, 4.69) is 10.6 Å². The van der Waals surface area contributed by atoms with Crippen LogP contribution in [-0.4, -0.2) is 32.1 Å². The molecular formula is C27H24FN3O5. The highest BCUT2D eigenvalue weighted by atomic mass is 19.1. The lowest BCUT2D eigenvalue weighted by molar-refractivity contribution is -0.118. The Morgan fingerprint density at radius 2 is 1.61 bits per heavy atom. The van der Waals surface area contributed by atoms with Crippen LogP contribution in [0.15, 0.2) is 72.3 Å². The van der Waals surface area contributed by atoms with Gasteiger partial charge in [0.2, 0.25) is 0 Å². The highest BCUT2D eigenvalue weighted by Gasteiger charge is 2.12. The van der Waals surface area contributed by atoms with Crippen molar-refractivity contribution in [1.29, 1.82) is 5.26 Å². The first kappa shape index (κ1) is 25.8. The number of nitriles is 1. The van der Waals surface area contributed by atoms with Crippen LogP contribution in [0, 0.1) is 17.1 Å². The average molecular weight is 490 g/mol. The van der Waals surface area contributed by atoms with Gasteiger partial charge in [-0.3, -0.25) is 9.59 Å². The lowest BCUT2D eigenvalue weighted by Gasteiger charge is -2.12. The molecule has 0 spiro atoms. The van der Waals surface area contributed by atoms with Crippen molar-refractivity contribution in [2.24, 2.45) is 0 Å². The lowest BCUT2D eigenvalue weighted by Crippen LogP contribution is -2.20. The number of rotatable bonds is 10. The summed E-state index contributed by atoms with van der Waals surface area (Å²) in [5, 5.41) is 14.8. The predicted molar refractivity (Wildman–Crippen MR) is 133 cm³/mol. The number of hydrogen-bond donors (Lipinski definition) is 2. The minimum Gasteiger partial charge on any atom is -0.494 e. The van der Waals surface area contributed by atoms with Gasteiger partial charge in [-0.2, -0.15) is 5.26 Å². The number of halogens is 1. The molecule has 184 valence electrons. The molecule has 0 heterocycles. The predicted octanol–water partition coefficient (Wildman–Crippen LogP) is 4.80. The first-order valence-corrected chi connectivity index (χ1v) is 10.9. The Kier molecular flexibility index (Phi) is 9.00. The fraction of sp³-hybridized carbons (Fsp3) is 0.148. The molecule has 0 saturated heterocycles. The number of carbonyl (C=O) groups excluding carboxylic acids is 2. The van der Waals surface area contributed by atoms with Gasteiger partial charge in [-0.15, -0.1) is 0 Å². The molecule has 3 rings (SSSR count). The molecule has 2 N–H and O–H groups in total. The zero-order chi connectivity index (χ0) is 25.9. The van der Waals surface area contributed by atoms with E-state index in [9.17, 15) is 19.2 Å². The molecule has 0 unspecified atom stereocenters. The van der Waals surface area contributed by atoms with Crippen LogP contribution in [0.25, 0.3) is 6.08 Å². The summed E-state index contributed by atoms with van der Waals surface area (Å²) in [6, 6.07) is 18.8. The maximum absolute atomic E-state index is 13.0. The van der Waals surface area contributed by atoms with Gasteiger partial charge in [-0.05, 0) is 79.2 Å². The lowest BCUT2D eigenvalue weighted by atomic mass is 10.1. The molecule has 0 fully saturated rings. The van der Waals surface area contributed by atoms with Crippen LogP contribution in [0.2, 0.25) is 0 Å². The highest BCUT2D eigenvalue weighted by Crippen LogP contribution is 2.29. The minimum atomic E-state index is -0.571. The zero-order valence-corrected chi connectivity index (χ0v) is 19.7. The van der Waals surface area contributed by atoms with Gasteiger partial charge in [0.15, 0.2) is 18.1 Å². The second kappa shape index (κ2) is 12.6. The molecule has 2 amide bonds. The quantitative estimate of drug-likeness (QED) is 0.313. The van der Waals surface area contributed by atoms with Crippen LogP contribution < -0.4 is 24.8 Å². The molecule has 0 bridgehead atoms. The number of methoxy groups -OCH3 is 1. The van der Waals surface area contributed by atoms with E-state index in [1.54, 1.807) is 42.5 Å². The number of nitrogens with one attached hydrogen (secondary N) is 2. The summed E-state index contributed by atoms with van der Waals surface area (Å²) in [5.41, 5.74) is 1.36. The molecular weight excluding hydrogens is 465 g/mol. The summed E-state index contributed by atoms with van der Waals surface area (Å²) in [5.74, 6) is -0.141. The maximum atomic E-state index is 13.0. The molecule has 0 saturated carbocycles. The van der Waals surface area contributed by atoms with E-state index in [-0.39, 0.29) is 12.2 Å². The van der Waals surface area contributed by atoms with Crippen LogP contribution >= 0.6 is 0 Å². The summed E-state index contributed by atoms with van der Waals surface area (Å²) >= 11 is 0. The van der Waals surface area contributed by atoms with E-state index in [4.69, 9.17) is 14.2 Å². The molecule has 8 nitrogen and oxygen atoms in total. The number of amides is 2. The number of nitrogens with zero attached hydrogens (tertiary/aromatic N) is 1. The number of benzene rings is 3. The van der Waals surface area contributed by atoms with Crippen molar-refractivity contribution in [2.75, 3.05) is 31.0 Å². The topological polar surface area (TPSA) is 110 Å². The monoisotopic (exact) mass is 489 g/mol. The Balaban J connectivity index is 1.65. The van der Waals surface area contributed by atoms with Gasteiger partial charge in [0.25, 0.3) is 11.8 Å². The first-order valence-electron chi connectivity index (χ1n) is 10.9. The van der Waals surface area contributed by atoms with E-state index in [1.165, 1.54) is 37.5 Å². The number of hydrogen-bond acceptors (Lipinski definition) is 6. The summed E-state index contributed by atoms with van der Waals surface area (Å²) in [6.07, 6.45) is 1.41. The van der Waals surface area contributed by atoms with Gasteiger partial charge in [0.05, 0.1) is 13.7 Å². The fourth-order valence-corrected chi connectivity index (χ4v) is 3.08. The average Bonchev–Trinajstić information content (AvgIpc) is 2.88. The van der Waals surface area contributed by atoms with Crippen LogP contribution in [0.3, 0.4) is 0 Å². The van der Waals surface area contributed by atoms with Crippen molar-refractivity contribution in [3.63, 3.8) is 0 Å². The molecule has 0 atom stereocenters. The molecule has 0 aromatic heterocycles. The molecule has 0 aliphatic heterocycles. The normalized spacial score (nSPS) is 10.7. The molecule has 0 aliphatic rings. The maximum Gasteiger partial charge on any atom is 0.266 e. The Morgan fingerprint density at radius 1 is 0.944 bits per heavy atom. The molecule has 0 aliphatic carbocycles. The molecule has 9 heteroatoms. The van der Waals surface area contributed by atoms with Crippen LogP contribution in [0.4, 0.5) is 15.8 Å². The first-order chi connectivity index (χ1) is 17.4. The third-order valence-corrected chi connectivity index (χ3v) is 4.77. The Hall–Kier alpha value is -4.84. The van der Waals surface area contributed by atoms with E-state index in [0.717, 1.165) is 0 Å². The van der Waals surface area contributed by atoms with Crippen molar-refractivity contribution in [1.82, 2.24) is 0 Å². The summed E-state index contributed by atoms with van der Waals surface area (Å²) in [6.45, 7) is 2.10. The Morgan fingerprint density at radius 3 is 2.25 bits per heavy atom.